The van der Waals surface area contributed by atoms with Crippen molar-refractivity contribution in [3.63, 3.8) is 0 Å². The minimum atomic E-state index is -2.92. The number of hydrogen-bond acceptors (Lipinski definition) is 3. The van der Waals surface area contributed by atoms with E-state index in [2.05, 4.69) is 46.8 Å². The fourth-order valence-corrected chi connectivity index (χ4v) is 2.87. The molecule has 0 aliphatic heterocycles. The Balaban J connectivity index is 0.00000484. The fourth-order valence-electron chi connectivity index (χ4n) is 2.08. The van der Waals surface area contributed by atoms with Crippen molar-refractivity contribution >= 4 is 39.8 Å². The SMILES string of the molecule is CN=C(NCCc1cccc(C)c1)NC(C)CCS(C)(=O)=O.I. The number of hydrogen-bond donors (Lipinski definition) is 2. The van der Waals surface area contributed by atoms with Crippen LogP contribution in [0.2, 0.25) is 0 Å². The van der Waals surface area contributed by atoms with Crippen LogP contribution >= 0.6 is 24.0 Å². The van der Waals surface area contributed by atoms with Gasteiger partial charge in [0, 0.05) is 25.9 Å². The first-order valence-electron chi connectivity index (χ1n) is 7.50. The molecule has 132 valence electrons. The number of nitrogens with one attached hydrogen (secondary N) is 2. The molecular weight excluding hydrogens is 425 g/mol. The first kappa shape index (κ1) is 22.2. The average molecular weight is 453 g/mol. The Hall–Kier alpha value is -0.830. The summed E-state index contributed by atoms with van der Waals surface area (Å²) in [6, 6.07) is 8.48. The van der Waals surface area contributed by atoms with Gasteiger partial charge in [0.05, 0.1) is 5.75 Å². The van der Waals surface area contributed by atoms with Gasteiger partial charge in [0.15, 0.2) is 5.96 Å². The first-order chi connectivity index (χ1) is 10.3. The van der Waals surface area contributed by atoms with E-state index in [0.29, 0.717) is 12.4 Å². The Morgan fingerprint density at radius 1 is 1.35 bits per heavy atom. The number of aliphatic imine (C=N–C) groups is 1. The normalized spacial score (nSPS) is 13.1. The van der Waals surface area contributed by atoms with E-state index >= 15 is 0 Å². The van der Waals surface area contributed by atoms with E-state index in [0.717, 1.165) is 13.0 Å². The number of aryl methyl sites for hydroxylation is 1. The Bertz CT molecular complexity index is 603. The Morgan fingerprint density at radius 2 is 2.04 bits per heavy atom. The lowest BCUT2D eigenvalue weighted by Crippen LogP contribution is -2.43. The molecule has 0 aliphatic carbocycles. The van der Waals surface area contributed by atoms with Gasteiger partial charge in [-0.25, -0.2) is 8.42 Å². The van der Waals surface area contributed by atoms with Crippen LogP contribution in [-0.2, 0) is 16.3 Å². The minimum Gasteiger partial charge on any atom is -0.356 e. The average Bonchev–Trinajstić information content (AvgIpc) is 2.43. The summed E-state index contributed by atoms with van der Waals surface area (Å²) in [5.41, 5.74) is 2.54. The Kier molecular flexibility index (Phi) is 10.5. The molecule has 2 N–H and O–H groups in total. The third-order valence-corrected chi connectivity index (χ3v) is 4.29. The standard InChI is InChI=1S/C16H27N3O2S.HI/c1-13-6-5-7-15(12-13)8-10-18-16(17-3)19-14(2)9-11-22(4,20)21;/h5-7,12,14H,8-11H2,1-4H3,(H2,17,18,19);1H. The summed E-state index contributed by atoms with van der Waals surface area (Å²) in [7, 11) is -1.21. The zero-order valence-electron chi connectivity index (χ0n) is 14.3. The highest BCUT2D eigenvalue weighted by Crippen LogP contribution is 2.03. The van der Waals surface area contributed by atoms with Crippen molar-refractivity contribution in [2.75, 3.05) is 25.6 Å². The maximum Gasteiger partial charge on any atom is 0.191 e. The zero-order valence-corrected chi connectivity index (χ0v) is 17.4. The lowest BCUT2D eigenvalue weighted by Gasteiger charge is -2.17. The molecule has 1 atom stereocenters. The Morgan fingerprint density at radius 3 is 2.61 bits per heavy atom. The van der Waals surface area contributed by atoms with Crippen molar-refractivity contribution in [1.29, 1.82) is 0 Å². The highest BCUT2D eigenvalue weighted by molar-refractivity contribution is 14.0. The smallest absolute Gasteiger partial charge is 0.191 e. The van der Waals surface area contributed by atoms with Crippen LogP contribution in [0.3, 0.4) is 0 Å². The van der Waals surface area contributed by atoms with Gasteiger partial charge in [-0.3, -0.25) is 4.99 Å². The number of halogens is 1. The number of rotatable bonds is 7. The largest absolute Gasteiger partial charge is 0.356 e. The van der Waals surface area contributed by atoms with Gasteiger partial charge in [-0.1, -0.05) is 29.8 Å². The van der Waals surface area contributed by atoms with Crippen molar-refractivity contribution in [3.8, 4) is 0 Å². The molecule has 7 heteroatoms. The molecule has 0 fully saturated rings. The first-order valence-corrected chi connectivity index (χ1v) is 9.56. The topological polar surface area (TPSA) is 70.6 Å². The Labute approximate surface area is 157 Å². The highest BCUT2D eigenvalue weighted by Gasteiger charge is 2.09. The molecule has 5 nitrogen and oxygen atoms in total. The third kappa shape index (κ3) is 10.5. The summed E-state index contributed by atoms with van der Waals surface area (Å²) in [4.78, 5) is 4.17. The molecule has 1 aromatic carbocycles. The molecular formula is C16H28IN3O2S. The molecule has 1 aromatic rings. The number of nitrogens with zero attached hydrogens (tertiary/aromatic N) is 1. The van der Waals surface area contributed by atoms with E-state index in [1.54, 1.807) is 7.05 Å². The van der Waals surface area contributed by atoms with Crippen molar-refractivity contribution in [2.24, 2.45) is 4.99 Å². The van der Waals surface area contributed by atoms with Crippen molar-refractivity contribution in [3.05, 3.63) is 35.4 Å². The van der Waals surface area contributed by atoms with Crippen LogP contribution in [0.1, 0.15) is 24.5 Å². The lowest BCUT2D eigenvalue weighted by atomic mass is 10.1. The molecule has 0 heterocycles. The van der Waals surface area contributed by atoms with Gasteiger partial charge in [0.2, 0.25) is 0 Å². The summed E-state index contributed by atoms with van der Waals surface area (Å²) >= 11 is 0. The van der Waals surface area contributed by atoms with Gasteiger partial charge in [0.1, 0.15) is 9.84 Å². The van der Waals surface area contributed by atoms with Crippen molar-refractivity contribution in [2.45, 2.75) is 32.7 Å². The van der Waals surface area contributed by atoms with E-state index in [4.69, 9.17) is 0 Å². The summed E-state index contributed by atoms with van der Waals surface area (Å²) in [5.74, 6) is 0.884. The van der Waals surface area contributed by atoms with Gasteiger partial charge >= 0.3 is 0 Å². The second kappa shape index (κ2) is 10.9. The molecule has 0 bridgehead atoms. The molecule has 1 rings (SSSR count). The molecule has 0 spiro atoms. The van der Waals surface area contributed by atoms with Crippen LogP contribution in [0.15, 0.2) is 29.3 Å². The van der Waals surface area contributed by atoms with Gasteiger partial charge in [-0.15, -0.1) is 24.0 Å². The predicted molar refractivity (Wildman–Crippen MR) is 109 cm³/mol. The number of sulfone groups is 1. The summed E-state index contributed by atoms with van der Waals surface area (Å²) in [5, 5.41) is 6.47. The number of guanidine groups is 1. The third-order valence-electron chi connectivity index (χ3n) is 3.32. The van der Waals surface area contributed by atoms with Crippen molar-refractivity contribution < 1.29 is 8.42 Å². The molecule has 0 aromatic heterocycles. The molecule has 1 unspecified atom stereocenters. The van der Waals surface area contributed by atoms with Gasteiger partial charge < -0.3 is 10.6 Å². The van der Waals surface area contributed by atoms with Gasteiger partial charge in [-0.2, -0.15) is 0 Å². The zero-order chi connectivity index (χ0) is 16.6. The van der Waals surface area contributed by atoms with E-state index < -0.39 is 9.84 Å². The van der Waals surface area contributed by atoms with Crippen LogP contribution in [0.4, 0.5) is 0 Å². The van der Waals surface area contributed by atoms with E-state index in [1.807, 2.05) is 6.92 Å². The molecule has 0 amide bonds. The maximum absolute atomic E-state index is 11.2. The monoisotopic (exact) mass is 453 g/mol. The fraction of sp³-hybridized carbons (Fsp3) is 0.562. The van der Waals surface area contributed by atoms with Gasteiger partial charge in [-0.05, 0) is 32.3 Å². The van der Waals surface area contributed by atoms with Crippen molar-refractivity contribution in [1.82, 2.24) is 10.6 Å². The van der Waals surface area contributed by atoms with Crippen LogP contribution in [0.5, 0.6) is 0 Å². The lowest BCUT2D eigenvalue weighted by molar-refractivity contribution is 0.581. The summed E-state index contributed by atoms with van der Waals surface area (Å²) < 4.78 is 22.3. The maximum atomic E-state index is 11.2. The van der Waals surface area contributed by atoms with E-state index in [9.17, 15) is 8.42 Å². The quantitative estimate of drug-likeness (QED) is 0.377. The summed E-state index contributed by atoms with van der Waals surface area (Å²) in [6.45, 7) is 4.82. The van der Waals surface area contributed by atoms with E-state index in [-0.39, 0.29) is 35.8 Å². The predicted octanol–water partition coefficient (Wildman–Crippen LogP) is 2.14. The highest BCUT2D eigenvalue weighted by atomic mass is 127. The molecule has 0 aliphatic rings. The number of benzene rings is 1. The molecule has 23 heavy (non-hydrogen) atoms. The van der Waals surface area contributed by atoms with Crippen LogP contribution in [0, 0.1) is 6.92 Å². The van der Waals surface area contributed by atoms with Crippen LogP contribution in [-0.4, -0.2) is 46.0 Å². The van der Waals surface area contributed by atoms with Gasteiger partial charge in [0.25, 0.3) is 0 Å². The minimum absolute atomic E-state index is 0. The second-order valence-corrected chi connectivity index (χ2v) is 7.96. The van der Waals surface area contributed by atoms with Crippen LogP contribution < -0.4 is 10.6 Å². The second-order valence-electron chi connectivity index (χ2n) is 5.70. The van der Waals surface area contributed by atoms with E-state index in [1.165, 1.54) is 17.4 Å². The molecule has 0 saturated carbocycles. The molecule has 0 saturated heterocycles. The molecule has 0 radical (unpaired) electrons. The summed E-state index contributed by atoms with van der Waals surface area (Å²) in [6.07, 6.45) is 2.74. The van der Waals surface area contributed by atoms with Crippen LogP contribution in [0.25, 0.3) is 0 Å².